The summed E-state index contributed by atoms with van der Waals surface area (Å²) in [6.45, 7) is 3.24. The van der Waals surface area contributed by atoms with Crippen LogP contribution in [0, 0.1) is 15.9 Å². The Balaban J connectivity index is 2.15. The smallest absolute Gasteiger partial charge is 0.305 e. The first-order valence-corrected chi connectivity index (χ1v) is 6.40. The van der Waals surface area contributed by atoms with Crippen LogP contribution in [-0.2, 0) is 6.54 Å². The molecule has 0 amide bonds. The number of rotatable bonds is 3. The molecule has 0 bridgehead atoms. The van der Waals surface area contributed by atoms with Crippen molar-refractivity contribution in [3.63, 3.8) is 0 Å². The summed E-state index contributed by atoms with van der Waals surface area (Å²) in [5.41, 5.74) is 5.80. The lowest BCUT2D eigenvalue weighted by Crippen LogP contribution is -2.45. The predicted octanol–water partition coefficient (Wildman–Crippen LogP) is 2.05. The van der Waals surface area contributed by atoms with Crippen LogP contribution in [0.1, 0.15) is 25.3 Å². The Bertz CT molecular complexity index is 481. The molecule has 2 rings (SSSR count). The highest BCUT2D eigenvalue weighted by Gasteiger charge is 2.25. The molecular formula is C13H18FN3O2. The summed E-state index contributed by atoms with van der Waals surface area (Å²) in [7, 11) is 0. The Morgan fingerprint density at radius 1 is 1.58 bits per heavy atom. The molecule has 1 aromatic rings. The molecule has 104 valence electrons. The highest BCUT2D eigenvalue weighted by molar-refractivity contribution is 5.36. The highest BCUT2D eigenvalue weighted by atomic mass is 19.1. The van der Waals surface area contributed by atoms with Gasteiger partial charge in [-0.3, -0.25) is 15.0 Å². The van der Waals surface area contributed by atoms with Gasteiger partial charge in [0.05, 0.1) is 4.92 Å². The number of nitrogens with two attached hydrogens (primary N) is 1. The fraction of sp³-hybridized carbons (Fsp3) is 0.538. The second-order valence-corrected chi connectivity index (χ2v) is 5.11. The molecule has 1 aliphatic heterocycles. The zero-order valence-electron chi connectivity index (χ0n) is 10.9. The molecule has 0 saturated carbocycles. The number of piperidine rings is 1. The van der Waals surface area contributed by atoms with E-state index in [1.165, 1.54) is 12.1 Å². The number of nitrogens with zero attached hydrogens (tertiary/aromatic N) is 2. The van der Waals surface area contributed by atoms with Crippen molar-refractivity contribution in [1.82, 2.24) is 4.90 Å². The predicted molar refractivity (Wildman–Crippen MR) is 70.1 cm³/mol. The Labute approximate surface area is 111 Å². The Morgan fingerprint density at radius 3 is 2.95 bits per heavy atom. The summed E-state index contributed by atoms with van der Waals surface area (Å²) in [6, 6.07) is 4.78. The third-order valence-corrected chi connectivity index (χ3v) is 3.68. The summed E-state index contributed by atoms with van der Waals surface area (Å²) in [5.74, 6) is -0.727. The van der Waals surface area contributed by atoms with E-state index in [9.17, 15) is 14.5 Å². The van der Waals surface area contributed by atoms with Gasteiger partial charge in [-0.2, -0.15) is 4.39 Å². The van der Waals surface area contributed by atoms with E-state index in [2.05, 4.69) is 4.90 Å². The SMILES string of the molecule is CC1CC(N)CCN1Cc1cccc([N+](=O)[O-])c1F. The lowest BCUT2D eigenvalue weighted by atomic mass is 9.98. The van der Waals surface area contributed by atoms with Crippen LogP contribution in [-0.4, -0.2) is 28.5 Å². The van der Waals surface area contributed by atoms with Gasteiger partial charge in [-0.1, -0.05) is 12.1 Å². The Morgan fingerprint density at radius 2 is 2.32 bits per heavy atom. The number of likely N-dealkylation sites (tertiary alicyclic amines) is 1. The van der Waals surface area contributed by atoms with Gasteiger partial charge >= 0.3 is 5.69 Å². The van der Waals surface area contributed by atoms with Crippen LogP contribution in [0.3, 0.4) is 0 Å². The molecule has 2 atom stereocenters. The van der Waals surface area contributed by atoms with Gasteiger partial charge in [0.25, 0.3) is 0 Å². The van der Waals surface area contributed by atoms with Crippen LogP contribution in [0.15, 0.2) is 18.2 Å². The minimum absolute atomic E-state index is 0.196. The molecule has 1 aromatic carbocycles. The molecule has 2 unspecified atom stereocenters. The number of nitro groups is 1. The third-order valence-electron chi connectivity index (χ3n) is 3.68. The number of hydrogen-bond donors (Lipinski definition) is 1. The summed E-state index contributed by atoms with van der Waals surface area (Å²) >= 11 is 0. The molecule has 19 heavy (non-hydrogen) atoms. The number of benzene rings is 1. The van der Waals surface area contributed by atoms with Crippen LogP contribution in [0.4, 0.5) is 10.1 Å². The molecule has 6 heteroatoms. The molecule has 1 heterocycles. The van der Waals surface area contributed by atoms with Crippen molar-refractivity contribution < 1.29 is 9.31 Å². The van der Waals surface area contributed by atoms with E-state index >= 15 is 0 Å². The lowest BCUT2D eigenvalue weighted by Gasteiger charge is -2.36. The van der Waals surface area contributed by atoms with Gasteiger partial charge in [0.1, 0.15) is 0 Å². The molecule has 1 fully saturated rings. The molecule has 0 spiro atoms. The average molecular weight is 267 g/mol. The van der Waals surface area contributed by atoms with Crippen molar-refractivity contribution in [2.45, 2.75) is 38.4 Å². The molecule has 1 saturated heterocycles. The minimum Gasteiger partial charge on any atom is -0.328 e. The van der Waals surface area contributed by atoms with E-state index in [-0.39, 0.29) is 12.1 Å². The van der Waals surface area contributed by atoms with Crippen LogP contribution in [0.25, 0.3) is 0 Å². The van der Waals surface area contributed by atoms with Crippen molar-refractivity contribution in [3.05, 3.63) is 39.7 Å². The lowest BCUT2D eigenvalue weighted by molar-refractivity contribution is -0.387. The van der Waals surface area contributed by atoms with Gasteiger partial charge in [-0.05, 0) is 19.8 Å². The van der Waals surface area contributed by atoms with Gasteiger partial charge in [0.15, 0.2) is 0 Å². The number of halogens is 1. The summed E-state index contributed by atoms with van der Waals surface area (Å²) in [4.78, 5) is 12.1. The second kappa shape index (κ2) is 5.63. The number of hydrogen-bond acceptors (Lipinski definition) is 4. The molecule has 1 aliphatic rings. The van der Waals surface area contributed by atoms with Crippen molar-refractivity contribution in [2.24, 2.45) is 5.73 Å². The monoisotopic (exact) mass is 267 g/mol. The fourth-order valence-corrected chi connectivity index (χ4v) is 2.54. The van der Waals surface area contributed by atoms with Gasteiger partial charge in [0, 0.05) is 36.8 Å². The third kappa shape index (κ3) is 3.08. The summed E-state index contributed by atoms with van der Waals surface area (Å²) in [5, 5.41) is 10.7. The topological polar surface area (TPSA) is 72.4 Å². The average Bonchev–Trinajstić information content (AvgIpc) is 2.34. The molecule has 0 radical (unpaired) electrons. The van der Waals surface area contributed by atoms with Gasteiger partial charge in [-0.25, -0.2) is 0 Å². The molecule has 5 nitrogen and oxygen atoms in total. The highest BCUT2D eigenvalue weighted by Crippen LogP contribution is 2.24. The Hall–Kier alpha value is -1.53. The first-order valence-electron chi connectivity index (χ1n) is 6.40. The molecule has 0 aliphatic carbocycles. The van der Waals surface area contributed by atoms with Crippen molar-refractivity contribution in [1.29, 1.82) is 0 Å². The van der Waals surface area contributed by atoms with E-state index in [1.807, 2.05) is 6.92 Å². The van der Waals surface area contributed by atoms with E-state index in [0.29, 0.717) is 12.1 Å². The fourth-order valence-electron chi connectivity index (χ4n) is 2.54. The maximum Gasteiger partial charge on any atom is 0.305 e. The van der Waals surface area contributed by atoms with Crippen LogP contribution in [0.5, 0.6) is 0 Å². The Kier molecular flexibility index (Phi) is 4.11. The summed E-state index contributed by atoms with van der Waals surface area (Å²) in [6.07, 6.45) is 1.75. The van der Waals surface area contributed by atoms with Crippen molar-refractivity contribution in [3.8, 4) is 0 Å². The van der Waals surface area contributed by atoms with E-state index in [4.69, 9.17) is 5.73 Å². The maximum absolute atomic E-state index is 14.0. The van der Waals surface area contributed by atoms with E-state index < -0.39 is 16.4 Å². The van der Waals surface area contributed by atoms with Gasteiger partial charge in [0.2, 0.25) is 5.82 Å². The zero-order valence-corrected chi connectivity index (χ0v) is 10.9. The standard InChI is InChI=1S/C13H18FN3O2/c1-9-7-11(15)5-6-16(9)8-10-3-2-4-12(13(10)14)17(18)19/h2-4,9,11H,5-8,15H2,1H3. The van der Waals surface area contributed by atoms with Crippen molar-refractivity contribution >= 4 is 5.69 Å². The second-order valence-electron chi connectivity index (χ2n) is 5.11. The van der Waals surface area contributed by atoms with Gasteiger partial charge < -0.3 is 5.73 Å². The summed E-state index contributed by atoms with van der Waals surface area (Å²) < 4.78 is 14.0. The largest absolute Gasteiger partial charge is 0.328 e. The first-order chi connectivity index (χ1) is 8.99. The van der Waals surface area contributed by atoms with Crippen LogP contribution >= 0.6 is 0 Å². The molecule has 2 N–H and O–H groups in total. The minimum atomic E-state index is -0.727. The van der Waals surface area contributed by atoms with Crippen LogP contribution in [0.2, 0.25) is 0 Å². The first kappa shape index (κ1) is 13.9. The maximum atomic E-state index is 14.0. The van der Waals surface area contributed by atoms with Gasteiger partial charge in [-0.15, -0.1) is 0 Å². The van der Waals surface area contributed by atoms with E-state index in [0.717, 1.165) is 19.4 Å². The van der Waals surface area contributed by atoms with Crippen LogP contribution < -0.4 is 5.73 Å². The molecule has 0 aromatic heterocycles. The normalized spacial score (nSPS) is 24.4. The quantitative estimate of drug-likeness (QED) is 0.672. The van der Waals surface area contributed by atoms with Crippen molar-refractivity contribution in [2.75, 3.05) is 6.54 Å². The zero-order chi connectivity index (χ0) is 14.0. The molecular weight excluding hydrogens is 249 g/mol. The van der Waals surface area contributed by atoms with E-state index in [1.54, 1.807) is 6.07 Å². The number of nitro benzene ring substituents is 1.